The second-order valence-corrected chi connectivity index (χ2v) is 7.56. The molecule has 3 N–H and O–H groups in total. The highest BCUT2D eigenvalue weighted by atomic mass is 35.6. The SMILES string of the molecule is O=C(N[C@@H]([NH2+]Cc1ccccc1)C(Cl)(Cl)Cl)c1ccccc1[N+](=O)[O-]. The number of nitrogens with one attached hydrogen (secondary N) is 1. The Morgan fingerprint density at radius 1 is 1.12 bits per heavy atom. The summed E-state index contributed by atoms with van der Waals surface area (Å²) in [7, 11) is 0. The summed E-state index contributed by atoms with van der Waals surface area (Å²) in [5.41, 5.74) is 0.563. The van der Waals surface area contributed by atoms with Gasteiger partial charge < -0.3 is 5.32 Å². The van der Waals surface area contributed by atoms with Crippen molar-refractivity contribution in [3.63, 3.8) is 0 Å². The first-order valence-corrected chi connectivity index (χ1v) is 8.40. The highest BCUT2D eigenvalue weighted by Gasteiger charge is 2.38. The first kappa shape index (κ1) is 19.5. The van der Waals surface area contributed by atoms with Crippen molar-refractivity contribution >= 4 is 46.4 Å². The van der Waals surface area contributed by atoms with E-state index in [1.54, 1.807) is 5.32 Å². The quantitative estimate of drug-likeness (QED) is 0.336. The van der Waals surface area contributed by atoms with Crippen molar-refractivity contribution in [3.05, 3.63) is 75.8 Å². The topological polar surface area (TPSA) is 88.8 Å². The Balaban J connectivity index is 2.14. The van der Waals surface area contributed by atoms with Crippen LogP contribution in [0.5, 0.6) is 0 Å². The average molecular weight is 404 g/mol. The van der Waals surface area contributed by atoms with Gasteiger partial charge in [-0.25, -0.2) is 0 Å². The molecule has 132 valence electrons. The summed E-state index contributed by atoms with van der Waals surface area (Å²) in [5, 5.41) is 15.3. The van der Waals surface area contributed by atoms with Crippen molar-refractivity contribution in [2.45, 2.75) is 16.5 Å². The Morgan fingerprint density at radius 2 is 1.72 bits per heavy atom. The molecule has 1 amide bonds. The number of alkyl halides is 3. The number of rotatable bonds is 6. The van der Waals surface area contributed by atoms with Gasteiger partial charge in [-0.1, -0.05) is 77.3 Å². The number of hydrogen-bond donors (Lipinski definition) is 2. The van der Waals surface area contributed by atoms with Gasteiger partial charge >= 0.3 is 0 Å². The highest BCUT2D eigenvalue weighted by Crippen LogP contribution is 2.28. The van der Waals surface area contributed by atoms with Gasteiger partial charge in [-0.3, -0.25) is 20.2 Å². The van der Waals surface area contributed by atoms with Crippen molar-refractivity contribution < 1.29 is 15.0 Å². The number of benzene rings is 2. The molecule has 0 aromatic heterocycles. The third kappa shape index (κ3) is 5.57. The second kappa shape index (κ2) is 8.49. The van der Waals surface area contributed by atoms with Crippen molar-refractivity contribution in [1.29, 1.82) is 0 Å². The fourth-order valence-corrected chi connectivity index (χ4v) is 2.62. The molecule has 2 aromatic carbocycles. The molecule has 0 heterocycles. The van der Waals surface area contributed by atoms with Crippen LogP contribution in [0.1, 0.15) is 15.9 Å². The van der Waals surface area contributed by atoms with Gasteiger partial charge in [0.15, 0.2) is 0 Å². The summed E-state index contributed by atoms with van der Waals surface area (Å²) >= 11 is 17.9. The van der Waals surface area contributed by atoms with Crippen LogP contribution in [0.3, 0.4) is 0 Å². The number of amides is 1. The van der Waals surface area contributed by atoms with Crippen molar-refractivity contribution in [2.24, 2.45) is 0 Å². The van der Waals surface area contributed by atoms with E-state index in [4.69, 9.17) is 34.8 Å². The van der Waals surface area contributed by atoms with E-state index in [-0.39, 0.29) is 11.3 Å². The van der Waals surface area contributed by atoms with E-state index >= 15 is 0 Å². The van der Waals surface area contributed by atoms with Crippen LogP contribution in [-0.2, 0) is 6.54 Å². The maximum absolute atomic E-state index is 12.4. The van der Waals surface area contributed by atoms with Crippen LogP contribution in [0.2, 0.25) is 0 Å². The van der Waals surface area contributed by atoms with Gasteiger partial charge in [0, 0.05) is 11.6 Å². The van der Waals surface area contributed by atoms with Crippen molar-refractivity contribution in [2.75, 3.05) is 0 Å². The number of halogens is 3. The van der Waals surface area contributed by atoms with Gasteiger partial charge in [0.25, 0.3) is 15.4 Å². The molecule has 25 heavy (non-hydrogen) atoms. The Hall–Kier alpha value is -1.86. The largest absolute Gasteiger partial charge is 0.319 e. The van der Waals surface area contributed by atoms with Crippen LogP contribution in [0.15, 0.2) is 54.6 Å². The number of nitro benzene ring substituents is 1. The highest BCUT2D eigenvalue weighted by molar-refractivity contribution is 6.68. The van der Waals surface area contributed by atoms with Gasteiger partial charge in [0.05, 0.1) is 4.92 Å². The molecule has 0 aliphatic carbocycles. The van der Waals surface area contributed by atoms with Gasteiger partial charge in [0.2, 0.25) is 6.17 Å². The Labute approximate surface area is 159 Å². The maximum Gasteiger partial charge on any atom is 0.282 e. The van der Waals surface area contributed by atoms with Crippen LogP contribution in [0.4, 0.5) is 5.69 Å². The minimum Gasteiger partial charge on any atom is -0.319 e. The molecular formula is C16H15Cl3N3O3+. The van der Waals surface area contributed by atoms with Gasteiger partial charge in [-0.2, -0.15) is 0 Å². The maximum atomic E-state index is 12.4. The zero-order valence-electron chi connectivity index (χ0n) is 12.9. The van der Waals surface area contributed by atoms with E-state index in [1.807, 2.05) is 30.3 Å². The van der Waals surface area contributed by atoms with Crippen LogP contribution in [-0.4, -0.2) is 20.8 Å². The molecular weight excluding hydrogens is 389 g/mol. The molecule has 0 fully saturated rings. The van der Waals surface area contributed by atoms with Crippen molar-refractivity contribution in [1.82, 2.24) is 5.32 Å². The molecule has 2 aromatic rings. The lowest BCUT2D eigenvalue weighted by Crippen LogP contribution is -2.95. The molecule has 0 aliphatic heterocycles. The summed E-state index contributed by atoms with van der Waals surface area (Å²) in [6, 6.07) is 15.0. The minimum atomic E-state index is -1.80. The molecule has 9 heteroatoms. The number of hydrogen-bond acceptors (Lipinski definition) is 3. The second-order valence-electron chi connectivity index (χ2n) is 5.19. The Kier molecular flexibility index (Phi) is 6.61. The molecule has 0 bridgehead atoms. The minimum absolute atomic E-state index is 0.0974. The Morgan fingerprint density at radius 3 is 2.32 bits per heavy atom. The first-order chi connectivity index (χ1) is 11.8. The summed E-state index contributed by atoms with van der Waals surface area (Å²) in [6.07, 6.45) is -0.926. The van der Waals surface area contributed by atoms with Crippen LogP contribution in [0, 0.1) is 10.1 Å². The molecule has 0 unspecified atom stereocenters. The zero-order valence-corrected chi connectivity index (χ0v) is 15.1. The number of nitrogens with two attached hydrogens (primary N) is 1. The van der Waals surface area contributed by atoms with Gasteiger partial charge in [-0.05, 0) is 6.07 Å². The number of carbonyl (C=O) groups is 1. The number of para-hydroxylation sites is 1. The lowest BCUT2D eigenvalue weighted by Gasteiger charge is -2.23. The van der Waals surface area contributed by atoms with E-state index in [0.29, 0.717) is 6.54 Å². The van der Waals surface area contributed by atoms with E-state index < -0.39 is 20.8 Å². The average Bonchev–Trinajstić information content (AvgIpc) is 2.58. The normalized spacial score (nSPS) is 12.4. The molecule has 1 atom stereocenters. The molecule has 0 spiro atoms. The van der Waals surface area contributed by atoms with Crippen molar-refractivity contribution in [3.8, 4) is 0 Å². The standard InChI is InChI=1S/C16H14Cl3N3O3/c17-16(18,19)15(20-10-11-6-2-1-3-7-11)21-14(23)12-8-4-5-9-13(12)22(24)25/h1-9,15,20H,10H2,(H,21,23)/p+1/t15-/m1/s1. The van der Waals surface area contributed by atoms with Crippen LogP contribution < -0.4 is 10.6 Å². The fraction of sp³-hybridized carbons (Fsp3) is 0.188. The van der Waals surface area contributed by atoms with E-state index in [9.17, 15) is 14.9 Å². The molecule has 6 nitrogen and oxygen atoms in total. The van der Waals surface area contributed by atoms with E-state index in [2.05, 4.69) is 5.32 Å². The molecule has 0 radical (unpaired) electrons. The first-order valence-electron chi connectivity index (χ1n) is 7.27. The summed E-state index contributed by atoms with van der Waals surface area (Å²) < 4.78 is -1.80. The van der Waals surface area contributed by atoms with Gasteiger partial charge in [0.1, 0.15) is 12.1 Å². The predicted molar refractivity (Wildman–Crippen MR) is 96.7 cm³/mol. The number of nitro groups is 1. The third-order valence-electron chi connectivity index (χ3n) is 3.42. The third-order valence-corrected chi connectivity index (χ3v) is 4.12. The number of nitrogens with zero attached hydrogens (tertiary/aromatic N) is 1. The summed E-state index contributed by atoms with van der Waals surface area (Å²) in [5.74, 6) is -0.687. The molecule has 2 rings (SSSR count). The lowest BCUT2D eigenvalue weighted by atomic mass is 10.1. The fourth-order valence-electron chi connectivity index (χ4n) is 2.19. The van der Waals surface area contributed by atoms with E-state index in [1.165, 1.54) is 24.3 Å². The number of quaternary nitrogens is 1. The van der Waals surface area contributed by atoms with Crippen LogP contribution >= 0.6 is 34.8 Å². The predicted octanol–water partition coefficient (Wildman–Crippen LogP) is 2.78. The lowest BCUT2D eigenvalue weighted by molar-refractivity contribution is -0.706. The zero-order chi connectivity index (χ0) is 18.4. The van der Waals surface area contributed by atoms with Crippen LogP contribution in [0.25, 0.3) is 0 Å². The molecule has 0 saturated carbocycles. The Bertz CT molecular complexity index is 751. The monoisotopic (exact) mass is 402 g/mol. The smallest absolute Gasteiger partial charge is 0.282 e. The van der Waals surface area contributed by atoms with Gasteiger partial charge in [-0.15, -0.1) is 0 Å². The number of carbonyl (C=O) groups excluding carboxylic acids is 1. The summed E-state index contributed by atoms with van der Waals surface area (Å²) in [4.78, 5) is 22.9. The van der Waals surface area contributed by atoms with E-state index in [0.717, 1.165) is 5.56 Å². The molecule has 0 saturated heterocycles. The summed E-state index contributed by atoms with van der Waals surface area (Å²) in [6.45, 7) is 0.455. The molecule has 0 aliphatic rings.